The highest BCUT2D eigenvalue weighted by Gasteiger charge is 2.37. The number of anilines is 1. The second kappa shape index (κ2) is 8.84. The van der Waals surface area contributed by atoms with Gasteiger partial charge >= 0.3 is 5.97 Å². The van der Waals surface area contributed by atoms with Crippen LogP contribution in [0.15, 0.2) is 66.2 Å². The monoisotopic (exact) mass is 411 g/mol. The fraction of sp³-hybridized carbons (Fsp3) is 0.182. The fourth-order valence-electron chi connectivity index (χ4n) is 3.05. The lowest BCUT2D eigenvalue weighted by molar-refractivity contribution is -0.146. The number of nitrogens with zero attached hydrogens (tertiary/aromatic N) is 1. The van der Waals surface area contributed by atoms with Crippen LogP contribution >= 0.6 is 11.6 Å². The van der Waals surface area contributed by atoms with Gasteiger partial charge in [-0.15, -0.1) is 0 Å². The average molecular weight is 412 g/mol. The summed E-state index contributed by atoms with van der Waals surface area (Å²) in [5.41, 5.74) is 0.773. The van der Waals surface area contributed by atoms with Gasteiger partial charge in [-0.05, 0) is 49.7 Å². The number of imide groups is 1. The first kappa shape index (κ1) is 20.5. The van der Waals surface area contributed by atoms with Gasteiger partial charge in [0.25, 0.3) is 11.8 Å². The molecule has 2 amide bonds. The van der Waals surface area contributed by atoms with E-state index in [-0.39, 0.29) is 24.2 Å². The molecule has 29 heavy (non-hydrogen) atoms. The number of halogens is 1. The lowest BCUT2D eigenvalue weighted by Gasteiger charge is -2.17. The minimum absolute atomic E-state index is 0.0826. The van der Waals surface area contributed by atoms with Gasteiger partial charge in [0.1, 0.15) is 5.92 Å². The Morgan fingerprint density at radius 3 is 2.31 bits per heavy atom. The van der Waals surface area contributed by atoms with Crippen LogP contribution in [-0.2, 0) is 19.1 Å². The number of ether oxygens (including phenoxy) is 1. The molecule has 0 radical (unpaired) electrons. The Morgan fingerprint density at radius 1 is 1.03 bits per heavy atom. The summed E-state index contributed by atoms with van der Waals surface area (Å²) < 4.78 is 5.03. The predicted molar refractivity (Wildman–Crippen MR) is 108 cm³/mol. The highest BCUT2D eigenvalue weighted by atomic mass is 35.5. The van der Waals surface area contributed by atoms with E-state index in [1.165, 1.54) is 24.3 Å². The van der Waals surface area contributed by atoms with E-state index in [2.05, 4.69) is 0 Å². The average Bonchev–Trinajstić information content (AvgIpc) is 3.00. The summed E-state index contributed by atoms with van der Waals surface area (Å²) in [4.78, 5) is 51.5. The molecule has 148 valence electrons. The van der Waals surface area contributed by atoms with Crippen LogP contribution in [0.1, 0.15) is 23.7 Å². The molecule has 1 aliphatic rings. The van der Waals surface area contributed by atoms with Crippen LogP contribution in [-0.4, -0.2) is 30.2 Å². The zero-order chi connectivity index (χ0) is 21.0. The van der Waals surface area contributed by atoms with E-state index >= 15 is 0 Å². The third-order valence-corrected chi connectivity index (χ3v) is 4.70. The minimum atomic E-state index is -1.24. The summed E-state index contributed by atoms with van der Waals surface area (Å²) in [6, 6.07) is 14.5. The molecule has 1 aliphatic heterocycles. The largest absolute Gasteiger partial charge is 0.465 e. The van der Waals surface area contributed by atoms with Crippen LogP contribution in [0.3, 0.4) is 0 Å². The van der Waals surface area contributed by atoms with E-state index in [1.807, 2.05) is 0 Å². The van der Waals surface area contributed by atoms with Crippen molar-refractivity contribution in [2.45, 2.75) is 13.3 Å². The molecule has 0 aromatic heterocycles. The third-order valence-electron chi connectivity index (χ3n) is 4.45. The molecule has 0 N–H and O–H groups in total. The summed E-state index contributed by atoms with van der Waals surface area (Å²) in [5.74, 6) is -3.56. The number of para-hydroxylation sites is 1. The second-order valence-corrected chi connectivity index (χ2v) is 6.80. The van der Waals surface area contributed by atoms with Crippen molar-refractivity contribution >= 4 is 40.9 Å². The number of carbonyl (C=O) groups is 4. The summed E-state index contributed by atoms with van der Waals surface area (Å²) in [7, 11) is 0. The molecule has 0 bridgehead atoms. The number of amides is 2. The maximum Gasteiger partial charge on any atom is 0.317 e. The fourth-order valence-corrected chi connectivity index (χ4v) is 3.17. The molecular formula is C22H18ClNO5. The van der Waals surface area contributed by atoms with Gasteiger partial charge < -0.3 is 4.74 Å². The SMILES string of the molecule is CCOC(=O)C(CC1=CC(=O)N(c2ccccc2)C1=O)C(=O)c1ccc(Cl)cc1. The first-order valence-electron chi connectivity index (χ1n) is 9.02. The van der Waals surface area contributed by atoms with Gasteiger partial charge in [-0.1, -0.05) is 29.8 Å². The number of benzene rings is 2. The van der Waals surface area contributed by atoms with Crippen molar-refractivity contribution in [2.75, 3.05) is 11.5 Å². The van der Waals surface area contributed by atoms with Gasteiger partial charge in [-0.25, -0.2) is 4.90 Å². The molecule has 0 saturated carbocycles. The highest BCUT2D eigenvalue weighted by Crippen LogP contribution is 2.28. The van der Waals surface area contributed by atoms with Crippen molar-refractivity contribution in [3.05, 3.63) is 76.8 Å². The Balaban J connectivity index is 1.86. The van der Waals surface area contributed by atoms with Gasteiger partial charge in [0.15, 0.2) is 5.78 Å². The molecule has 3 rings (SSSR count). The molecule has 6 nitrogen and oxygen atoms in total. The smallest absolute Gasteiger partial charge is 0.317 e. The first-order valence-corrected chi connectivity index (χ1v) is 9.40. The molecular weight excluding hydrogens is 394 g/mol. The van der Waals surface area contributed by atoms with Gasteiger partial charge in [0, 0.05) is 22.2 Å². The minimum Gasteiger partial charge on any atom is -0.465 e. The van der Waals surface area contributed by atoms with Crippen molar-refractivity contribution in [1.82, 2.24) is 0 Å². The van der Waals surface area contributed by atoms with Gasteiger partial charge in [-0.2, -0.15) is 0 Å². The van der Waals surface area contributed by atoms with Crippen molar-refractivity contribution in [1.29, 1.82) is 0 Å². The van der Waals surface area contributed by atoms with E-state index in [0.717, 1.165) is 11.0 Å². The van der Waals surface area contributed by atoms with Gasteiger partial charge in [0.05, 0.1) is 12.3 Å². The Morgan fingerprint density at radius 2 is 1.69 bits per heavy atom. The van der Waals surface area contributed by atoms with Crippen LogP contribution in [0.25, 0.3) is 0 Å². The Labute approximate surface area is 172 Å². The molecule has 0 saturated heterocycles. The van der Waals surface area contributed by atoms with E-state index in [9.17, 15) is 19.2 Å². The van der Waals surface area contributed by atoms with Crippen LogP contribution in [0.5, 0.6) is 0 Å². The third kappa shape index (κ3) is 4.43. The summed E-state index contributed by atoms with van der Waals surface area (Å²) in [6.45, 7) is 1.72. The molecule has 0 spiro atoms. The Hall–Kier alpha value is -3.25. The number of carbonyl (C=O) groups excluding carboxylic acids is 4. The number of Topliss-reactive ketones (excluding diaryl/α,β-unsaturated/α-hetero) is 1. The Kier molecular flexibility index (Phi) is 6.24. The van der Waals surface area contributed by atoms with Crippen molar-refractivity contribution in [2.24, 2.45) is 5.92 Å². The molecule has 0 aliphatic carbocycles. The van der Waals surface area contributed by atoms with E-state index in [0.29, 0.717) is 10.7 Å². The van der Waals surface area contributed by atoms with Gasteiger partial charge in [0.2, 0.25) is 0 Å². The number of rotatable bonds is 7. The van der Waals surface area contributed by atoms with E-state index in [1.54, 1.807) is 37.3 Å². The lowest BCUT2D eigenvalue weighted by atomic mass is 9.91. The van der Waals surface area contributed by atoms with Crippen LogP contribution < -0.4 is 4.90 Å². The Bertz CT molecular complexity index is 982. The zero-order valence-corrected chi connectivity index (χ0v) is 16.4. The first-order chi connectivity index (χ1) is 13.9. The summed E-state index contributed by atoms with van der Waals surface area (Å²) >= 11 is 5.86. The highest BCUT2D eigenvalue weighted by molar-refractivity contribution is 6.31. The lowest BCUT2D eigenvalue weighted by Crippen LogP contribution is -2.32. The van der Waals surface area contributed by atoms with Crippen LogP contribution in [0, 0.1) is 5.92 Å². The zero-order valence-electron chi connectivity index (χ0n) is 15.6. The quantitative estimate of drug-likeness (QED) is 0.301. The molecule has 1 unspecified atom stereocenters. The number of ketones is 1. The number of hydrogen-bond donors (Lipinski definition) is 0. The maximum absolute atomic E-state index is 12.9. The second-order valence-electron chi connectivity index (χ2n) is 6.36. The van der Waals surface area contributed by atoms with Crippen molar-refractivity contribution in [3.63, 3.8) is 0 Å². The number of esters is 1. The standard InChI is InChI=1S/C22H18ClNO5/c1-2-29-22(28)18(20(26)14-8-10-16(23)11-9-14)12-15-13-19(25)24(21(15)27)17-6-4-3-5-7-17/h3-11,13,18H,2,12H2,1H3. The van der Waals surface area contributed by atoms with Crippen molar-refractivity contribution < 1.29 is 23.9 Å². The van der Waals surface area contributed by atoms with E-state index < -0.39 is 29.5 Å². The topological polar surface area (TPSA) is 80.8 Å². The molecule has 1 atom stereocenters. The molecule has 1 heterocycles. The molecule has 7 heteroatoms. The van der Waals surface area contributed by atoms with E-state index in [4.69, 9.17) is 16.3 Å². The normalized spacial score (nSPS) is 14.6. The van der Waals surface area contributed by atoms with Gasteiger partial charge in [-0.3, -0.25) is 19.2 Å². The summed E-state index contributed by atoms with van der Waals surface area (Å²) in [5, 5.41) is 0.451. The molecule has 0 fully saturated rings. The maximum atomic E-state index is 12.9. The number of hydrogen-bond acceptors (Lipinski definition) is 5. The van der Waals surface area contributed by atoms with Crippen molar-refractivity contribution in [3.8, 4) is 0 Å². The molecule has 2 aromatic carbocycles. The van der Waals surface area contributed by atoms with Crippen LogP contribution in [0.4, 0.5) is 5.69 Å². The van der Waals surface area contributed by atoms with Crippen LogP contribution in [0.2, 0.25) is 5.02 Å². The molecule has 2 aromatic rings. The predicted octanol–water partition coefficient (Wildman–Crippen LogP) is 3.59. The summed E-state index contributed by atoms with van der Waals surface area (Å²) in [6.07, 6.45) is 0.935.